The highest BCUT2D eigenvalue weighted by atomic mass is 32.1. The van der Waals surface area contributed by atoms with Crippen molar-refractivity contribution in [3.8, 4) is 0 Å². The Labute approximate surface area is 177 Å². The fraction of sp³-hybridized carbons (Fsp3) is 0.400. The van der Waals surface area contributed by atoms with Gasteiger partial charge in [0, 0.05) is 23.8 Å². The number of amides is 1. The van der Waals surface area contributed by atoms with Crippen LogP contribution in [0.3, 0.4) is 0 Å². The monoisotopic (exact) mass is 426 g/mol. The summed E-state index contributed by atoms with van der Waals surface area (Å²) in [6.45, 7) is 2.65. The van der Waals surface area contributed by atoms with Crippen LogP contribution < -0.4 is 5.32 Å². The van der Waals surface area contributed by atoms with Crippen LogP contribution in [0.2, 0.25) is 0 Å². The number of fused-ring (bicyclic) bond motifs is 1. The molecule has 0 fully saturated rings. The van der Waals surface area contributed by atoms with E-state index in [1.807, 2.05) is 6.92 Å². The molecule has 156 valence electrons. The van der Waals surface area contributed by atoms with Gasteiger partial charge in [-0.15, -0.1) is 16.4 Å². The molecule has 0 unspecified atom stereocenters. The summed E-state index contributed by atoms with van der Waals surface area (Å²) in [4.78, 5) is 30.8. The van der Waals surface area contributed by atoms with Crippen LogP contribution in [0.4, 0.5) is 5.00 Å². The van der Waals surface area contributed by atoms with Crippen LogP contribution in [0.1, 0.15) is 63.2 Å². The van der Waals surface area contributed by atoms with Gasteiger partial charge in [0.05, 0.1) is 11.1 Å². The van der Waals surface area contributed by atoms with E-state index >= 15 is 0 Å². The maximum absolute atomic E-state index is 13.0. The second kappa shape index (κ2) is 9.12. The summed E-state index contributed by atoms with van der Waals surface area (Å²) in [5.41, 5.74) is 1.86. The van der Waals surface area contributed by atoms with Gasteiger partial charge in [0.25, 0.3) is 5.91 Å². The van der Waals surface area contributed by atoms with Crippen LogP contribution in [0.5, 0.6) is 0 Å². The van der Waals surface area contributed by atoms with E-state index in [-0.39, 0.29) is 12.5 Å². The molecule has 1 aliphatic carbocycles. The Morgan fingerprint density at radius 3 is 2.97 bits per heavy atom. The van der Waals surface area contributed by atoms with Gasteiger partial charge in [0.1, 0.15) is 5.00 Å². The van der Waals surface area contributed by atoms with E-state index in [2.05, 4.69) is 25.8 Å². The fourth-order valence-corrected chi connectivity index (χ4v) is 4.73. The number of hydrogen-bond acceptors (Lipinski definition) is 8. The van der Waals surface area contributed by atoms with E-state index in [0.29, 0.717) is 28.5 Å². The molecule has 0 saturated carbocycles. The number of carbonyl (C=O) groups is 2. The number of aromatic nitrogens is 5. The number of rotatable bonds is 7. The van der Waals surface area contributed by atoms with Crippen LogP contribution in [-0.2, 0) is 30.7 Å². The number of ether oxygens (including phenoxy) is 1. The zero-order valence-electron chi connectivity index (χ0n) is 16.6. The summed E-state index contributed by atoms with van der Waals surface area (Å²) in [6, 6.07) is 3.38. The van der Waals surface area contributed by atoms with Crippen molar-refractivity contribution >= 4 is 28.2 Å². The molecular weight excluding hydrogens is 404 g/mol. The number of tetrazole rings is 1. The SMILES string of the molecule is CCCn1nnnc1COC(=O)c1c(NC(=O)c2cccnc2)sc2c1CCCC2. The van der Waals surface area contributed by atoms with Crippen molar-refractivity contribution < 1.29 is 14.3 Å². The Kier molecular flexibility index (Phi) is 6.12. The van der Waals surface area contributed by atoms with E-state index in [0.717, 1.165) is 42.5 Å². The first-order valence-corrected chi connectivity index (χ1v) is 10.8. The highest BCUT2D eigenvalue weighted by Gasteiger charge is 2.28. The average Bonchev–Trinajstić information content (AvgIpc) is 3.36. The van der Waals surface area contributed by atoms with Gasteiger partial charge < -0.3 is 10.1 Å². The number of hydrogen-bond donors (Lipinski definition) is 1. The van der Waals surface area contributed by atoms with Gasteiger partial charge in [-0.25, -0.2) is 9.48 Å². The summed E-state index contributed by atoms with van der Waals surface area (Å²) in [5, 5.41) is 14.9. The van der Waals surface area contributed by atoms with Gasteiger partial charge in [-0.2, -0.15) is 0 Å². The third kappa shape index (κ3) is 4.23. The van der Waals surface area contributed by atoms with Crippen molar-refractivity contribution in [2.75, 3.05) is 5.32 Å². The van der Waals surface area contributed by atoms with E-state index in [4.69, 9.17) is 4.74 Å². The van der Waals surface area contributed by atoms with Crippen LogP contribution in [0.25, 0.3) is 0 Å². The van der Waals surface area contributed by atoms with E-state index in [1.165, 1.54) is 17.5 Å². The molecule has 9 nitrogen and oxygen atoms in total. The number of carbonyl (C=O) groups excluding carboxylic acids is 2. The van der Waals surface area contributed by atoms with Crippen LogP contribution in [-0.4, -0.2) is 37.1 Å². The molecule has 0 bridgehead atoms. The zero-order chi connectivity index (χ0) is 20.9. The predicted molar refractivity (Wildman–Crippen MR) is 110 cm³/mol. The van der Waals surface area contributed by atoms with Gasteiger partial charge >= 0.3 is 5.97 Å². The number of anilines is 1. The Bertz CT molecular complexity index is 1050. The Balaban J connectivity index is 1.56. The number of thiophene rings is 1. The Hall–Kier alpha value is -3.14. The van der Waals surface area contributed by atoms with Crippen molar-refractivity contribution in [2.45, 2.75) is 52.2 Å². The zero-order valence-corrected chi connectivity index (χ0v) is 17.4. The normalized spacial score (nSPS) is 13.0. The lowest BCUT2D eigenvalue weighted by atomic mass is 9.95. The minimum atomic E-state index is -0.470. The lowest BCUT2D eigenvalue weighted by molar-refractivity contribution is 0.0456. The van der Waals surface area contributed by atoms with Crippen molar-refractivity contribution in [3.63, 3.8) is 0 Å². The lowest BCUT2D eigenvalue weighted by Gasteiger charge is -2.13. The first-order chi connectivity index (χ1) is 14.7. The molecule has 3 aromatic rings. The molecule has 30 heavy (non-hydrogen) atoms. The lowest BCUT2D eigenvalue weighted by Crippen LogP contribution is -2.16. The predicted octanol–water partition coefficient (Wildman–Crippen LogP) is 3.03. The first kappa shape index (κ1) is 20.1. The molecular formula is C20H22N6O3S. The summed E-state index contributed by atoms with van der Waals surface area (Å²) in [7, 11) is 0. The minimum Gasteiger partial charge on any atom is -0.454 e. The van der Waals surface area contributed by atoms with Gasteiger partial charge in [-0.1, -0.05) is 6.92 Å². The van der Waals surface area contributed by atoms with Gasteiger partial charge in [-0.3, -0.25) is 9.78 Å². The second-order valence-corrected chi connectivity index (χ2v) is 8.11. The third-order valence-corrected chi connectivity index (χ3v) is 6.11. The van der Waals surface area contributed by atoms with E-state index in [1.54, 1.807) is 23.0 Å². The van der Waals surface area contributed by atoms with E-state index in [9.17, 15) is 9.59 Å². The molecule has 1 amide bonds. The van der Waals surface area contributed by atoms with Crippen molar-refractivity contribution in [1.82, 2.24) is 25.2 Å². The smallest absolute Gasteiger partial charge is 0.341 e. The maximum Gasteiger partial charge on any atom is 0.341 e. The molecule has 1 aliphatic rings. The van der Waals surface area contributed by atoms with Gasteiger partial charge in [-0.05, 0) is 60.2 Å². The number of esters is 1. The summed E-state index contributed by atoms with van der Waals surface area (Å²) >= 11 is 1.45. The Morgan fingerprint density at radius 1 is 1.30 bits per heavy atom. The molecule has 10 heteroatoms. The molecule has 0 spiro atoms. The van der Waals surface area contributed by atoms with Gasteiger partial charge in [0.2, 0.25) is 0 Å². The first-order valence-electron chi connectivity index (χ1n) is 9.95. The number of aryl methyl sites for hydroxylation is 2. The topological polar surface area (TPSA) is 112 Å². The molecule has 3 aromatic heterocycles. The number of pyridine rings is 1. The number of nitrogens with zero attached hydrogens (tertiary/aromatic N) is 5. The highest BCUT2D eigenvalue weighted by molar-refractivity contribution is 7.17. The maximum atomic E-state index is 13.0. The van der Waals surface area contributed by atoms with Gasteiger partial charge in [0.15, 0.2) is 12.4 Å². The molecule has 0 aromatic carbocycles. The van der Waals surface area contributed by atoms with Crippen LogP contribution in [0, 0.1) is 0 Å². The van der Waals surface area contributed by atoms with Crippen molar-refractivity contribution in [1.29, 1.82) is 0 Å². The molecule has 0 radical (unpaired) electrons. The molecule has 1 N–H and O–H groups in total. The standard InChI is InChI=1S/C20H22N6O3S/c1-2-10-26-16(23-24-25-26)12-29-20(28)17-14-7-3-4-8-15(14)30-19(17)22-18(27)13-6-5-9-21-11-13/h5-6,9,11H,2-4,7-8,10,12H2,1H3,(H,22,27). The second-order valence-electron chi connectivity index (χ2n) is 7.01. The molecule has 0 aliphatic heterocycles. The van der Waals surface area contributed by atoms with Crippen LogP contribution >= 0.6 is 11.3 Å². The molecule has 4 rings (SSSR count). The van der Waals surface area contributed by atoms with Crippen LogP contribution in [0.15, 0.2) is 24.5 Å². The molecule has 3 heterocycles. The number of nitrogens with one attached hydrogen (secondary N) is 1. The largest absolute Gasteiger partial charge is 0.454 e. The van der Waals surface area contributed by atoms with E-state index < -0.39 is 5.97 Å². The summed E-state index contributed by atoms with van der Waals surface area (Å²) < 4.78 is 7.18. The fourth-order valence-electron chi connectivity index (χ4n) is 3.46. The molecule has 0 atom stereocenters. The van der Waals surface area contributed by atoms with Crippen molar-refractivity contribution in [3.05, 3.63) is 51.9 Å². The molecule has 0 saturated heterocycles. The average molecular weight is 427 g/mol. The Morgan fingerprint density at radius 2 is 2.17 bits per heavy atom. The minimum absolute atomic E-state index is 0.0214. The highest BCUT2D eigenvalue weighted by Crippen LogP contribution is 2.38. The quantitative estimate of drug-likeness (QED) is 0.578. The van der Waals surface area contributed by atoms with Crippen molar-refractivity contribution in [2.24, 2.45) is 0 Å². The summed E-state index contributed by atoms with van der Waals surface area (Å²) in [5.74, 6) is -0.278. The summed E-state index contributed by atoms with van der Waals surface area (Å²) in [6.07, 6.45) is 7.75. The third-order valence-electron chi connectivity index (χ3n) is 4.90.